The molecule has 0 N–H and O–H groups in total. The average molecular weight is 740 g/mol. The fraction of sp³-hybridized carbons (Fsp3) is 0. The van der Waals surface area contributed by atoms with Gasteiger partial charge in [-0.05, 0) is 96.1 Å². The van der Waals surface area contributed by atoms with Gasteiger partial charge in [-0.25, -0.2) is 0 Å². The lowest BCUT2D eigenvalue weighted by atomic mass is 10.00. The summed E-state index contributed by atoms with van der Waals surface area (Å²) in [6, 6.07) is 72.5. The van der Waals surface area contributed by atoms with Gasteiger partial charge in [0.15, 0.2) is 0 Å². The zero-order valence-corrected chi connectivity index (χ0v) is 31.3. The quantitative estimate of drug-likeness (QED) is 0.177. The number of furan rings is 1. The lowest BCUT2D eigenvalue weighted by molar-refractivity contribution is 0.669. The Morgan fingerprint density at radius 2 is 0.810 bits per heavy atom. The second kappa shape index (κ2) is 11.8. The molecule has 4 aromatic heterocycles. The number of rotatable bonds is 4. The number of aromatic nitrogens is 3. The molecule has 0 saturated carbocycles. The van der Waals surface area contributed by atoms with Crippen LogP contribution in [-0.2, 0) is 0 Å². The van der Waals surface area contributed by atoms with Crippen molar-refractivity contribution in [3.05, 3.63) is 200 Å². The summed E-state index contributed by atoms with van der Waals surface area (Å²) < 4.78 is 13.7. The Bertz CT molecular complexity index is 3770. The van der Waals surface area contributed by atoms with Gasteiger partial charge in [0.05, 0.1) is 33.1 Å². The molecule has 0 bridgehead atoms. The maximum atomic E-state index is 6.40. The van der Waals surface area contributed by atoms with Gasteiger partial charge in [0.2, 0.25) is 0 Å². The van der Waals surface area contributed by atoms with Crippen LogP contribution < -0.4 is 0 Å². The summed E-state index contributed by atoms with van der Waals surface area (Å²) in [5, 5.41) is 9.59. The standard InChI is InChI=1S/C54H33N3O/c1-4-14-36(15-5-1)55-47-28-25-34(30-45(47)53-48(55)29-27-42-39-20-10-12-22-46(39)57(54(42)53)38-18-8-3-9-19-38)35-24-26-40-43-33-52-44(41-21-11-13-23-51(41)58-52)32-50(43)56(49(40)31-35)37-16-6-2-7-17-37/h1-33H. The lowest BCUT2D eigenvalue weighted by Gasteiger charge is -2.10. The Balaban J connectivity index is 1.12. The van der Waals surface area contributed by atoms with Crippen LogP contribution >= 0.6 is 0 Å². The van der Waals surface area contributed by atoms with Crippen LogP contribution in [0, 0.1) is 0 Å². The zero-order valence-electron chi connectivity index (χ0n) is 31.3. The third-order valence-corrected chi connectivity index (χ3v) is 12.2. The van der Waals surface area contributed by atoms with Gasteiger partial charge in [-0.2, -0.15) is 0 Å². The minimum absolute atomic E-state index is 0.907. The number of hydrogen-bond acceptors (Lipinski definition) is 1. The highest BCUT2D eigenvalue weighted by Gasteiger charge is 2.22. The molecule has 0 unspecified atom stereocenters. The Labute approximate surface area is 332 Å². The predicted molar refractivity (Wildman–Crippen MR) is 242 cm³/mol. The van der Waals surface area contributed by atoms with Gasteiger partial charge >= 0.3 is 0 Å². The molecule has 0 fully saturated rings. The van der Waals surface area contributed by atoms with Crippen molar-refractivity contribution in [3.63, 3.8) is 0 Å². The van der Waals surface area contributed by atoms with Crippen molar-refractivity contribution in [1.82, 2.24) is 13.7 Å². The van der Waals surface area contributed by atoms with E-state index in [1.807, 2.05) is 6.07 Å². The first-order valence-corrected chi connectivity index (χ1v) is 19.8. The van der Waals surface area contributed by atoms with E-state index in [4.69, 9.17) is 4.42 Å². The number of para-hydroxylation sites is 5. The van der Waals surface area contributed by atoms with Gasteiger partial charge in [-0.1, -0.05) is 115 Å². The summed E-state index contributed by atoms with van der Waals surface area (Å²) in [7, 11) is 0. The van der Waals surface area contributed by atoms with E-state index in [-0.39, 0.29) is 0 Å². The van der Waals surface area contributed by atoms with Crippen LogP contribution in [0.2, 0.25) is 0 Å². The first-order valence-electron chi connectivity index (χ1n) is 19.8. The molecule has 0 aliphatic rings. The fourth-order valence-corrected chi connectivity index (χ4v) is 9.71. The maximum absolute atomic E-state index is 6.40. The minimum atomic E-state index is 0.907. The summed E-state index contributed by atoms with van der Waals surface area (Å²) in [4.78, 5) is 0. The van der Waals surface area contributed by atoms with Gasteiger partial charge in [-0.15, -0.1) is 0 Å². The third kappa shape index (κ3) is 4.34. The molecule has 13 rings (SSSR count). The highest BCUT2D eigenvalue weighted by molar-refractivity contribution is 6.26. The van der Waals surface area contributed by atoms with Crippen molar-refractivity contribution in [3.8, 4) is 28.2 Å². The van der Waals surface area contributed by atoms with Crippen molar-refractivity contribution in [2.24, 2.45) is 0 Å². The van der Waals surface area contributed by atoms with Gasteiger partial charge < -0.3 is 18.1 Å². The molecule has 0 amide bonds. The summed E-state index contributed by atoms with van der Waals surface area (Å²) >= 11 is 0. The van der Waals surface area contributed by atoms with Crippen molar-refractivity contribution in [2.45, 2.75) is 0 Å². The number of hydrogen-bond donors (Lipinski definition) is 0. The molecule has 4 heteroatoms. The van der Waals surface area contributed by atoms with E-state index in [1.54, 1.807) is 0 Å². The summed E-state index contributed by atoms with van der Waals surface area (Å²) in [6.45, 7) is 0. The molecular formula is C54H33N3O. The van der Waals surface area contributed by atoms with Crippen LogP contribution in [0.1, 0.15) is 0 Å². The molecule has 0 aliphatic heterocycles. The number of benzene rings is 9. The monoisotopic (exact) mass is 739 g/mol. The first-order chi connectivity index (χ1) is 28.8. The Kier molecular flexibility index (Phi) is 6.41. The van der Waals surface area contributed by atoms with Crippen molar-refractivity contribution in [2.75, 3.05) is 0 Å². The minimum Gasteiger partial charge on any atom is -0.456 e. The second-order valence-corrected chi connectivity index (χ2v) is 15.3. The Morgan fingerprint density at radius 3 is 1.57 bits per heavy atom. The summed E-state index contributed by atoms with van der Waals surface area (Å²) in [5.74, 6) is 0. The lowest BCUT2D eigenvalue weighted by Crippen LogP contribution is -1.95. The SMILES string of the molecule is c1ccc(-n2c3cc(-c4ccc5c(c4)c4c(ccc6c7ccccc7n(-c7ccccc7)c64)n5-c4ccccc4)ccc3c3cc4oc5ccccc5c4cc32)cc1. The van der Waals surface area contributed by atoms with E-state index in [2.05, 4.69) is 208 Å². The van der Waals surface area contributed by atoms with Crippen LogP contribution in [0.15, 0.2) is 205 Å². The normalized spacial score (nSPS) is 12.1. The molecule has 0 atom stereocenters. The molecule has 0 spiro atoms. The van der Waals surface area contributed by atoms with E-state index in [9.17, 15) is 0 Å². The first kappa shape index (κ1) is 31.4. The smallest absolute Gasteiger partial charge is 0.136 e. The molecular weight excluding hydrogens is 707 g/mol. The van der Waals surface area contributed by atoms with Gasteiger partial charge in [-0.3, -0.25) is 0 Å². The zero-order chi connectivity index (χ0) is 37.9. The topological polar surface area (TPSA) is 27.9 Å². The average Bonchev–Trinajstić information content (AvgIpc) is 4.02. The van der Waals surface area contributed by atoms with E-state index < -0.39 is 0 Å². The fourth-order valence-electron chi connectivity index (χ4n) is 9.71. The summed E-state index contributed by atoms with van der Waals surface area (Å²) in [5.41, 5.74) is 14.7. The Hall–Kier alpha value is -7.82. The van der Waals surface area contributed by atoms with Crippen molar-refractivity contribution in [1.29, 1.82) is 0 Å². The van der Waals surface area contributed by atoms with Gasteiger partial charge in [0, 0.05) is 60.2 Å². The van der Waals surface area contributed by atoms with Crippen LogP contribution in [-0.4, -0.2) is 13.7 Å². The molecule has 270 valence electrons. The van der Waals surface area contributed by atoms with Crippen LogP contribution in [0.5, 0.6) is 0 Å². The molecule has 0 radical (unpaired) electrons. The Morgan fingerprint density at radius 1 is 0.276 bits per heavy atom. The predicted octanol–water partition coefficient (Wildman–Crippen LogP) is 14.5. The number of fused-ring (bicyclic) bond motifs is 13. The van der Waals surface area contributed by atoms with Crippen LogP contribution in [0.25, 0.3) is 116 Å². The highest BCUT2D eigenvalue weighted by Crippen LogP contribution is 2.44. The third-order valence-electron chi connectivity index (χ3n) is 12.2. The van der Waals surface area contributed by atoms with E-state index >= 15 is 0 Å². The van der Waals surface area contributed by atoms with E-state index in [0.29, 0.717) is 0 Å². The van der Waals surface area contributed by atoms with Gasteiger partial charge in [0.1, 0.15) is 11.2 Å². The van der Waals surface area contributed by atoms with Crippen LogP contribution in [0.4, 0.5) is 0 Å². The van der Waals surface area contributed by atoms with Crippen LogP contribution in [0.3, 0.4) is 0 Å². The molecule has 13 aromatic rings. The van der Waals surface area contributed by atoms with Gasteiger partial charge in [0.25, 0.3) is 0 Å². The molecule has 58 heavy (non-hydrogen) atoms. The highest BCUT2D eigenvalue weighted by atomic mass is 16.3. The molecule has 4 heterocycles. The molecule has 4 nitrogen and oxygen atoms in total. The van der Waals surface area contributed by atoms with Crippen molar-refractivity contribution < 1.29 is 4.42 Å². The second-order valence-electron chi connectivity index (χ2n) is 15.3. The molecule has 9 aromatic carbocycles. The number of nitrogens with zero attached hydrogens (tertiary/aromatic N) is 3. The summed E-state index contributed by atoms with van der Waals surface area (Å²) in [6.07, 6.45) is 0. The van der Waals surface area contributed by atoms with Crippen molar-refractivity contribution >= 4 is 87.4 Å². The largest absolute Gasteiger partial charge is 0.456 e. The molecule has 0 aliphatic carbocycles. The molecule has 0 saturated heterocycles. The van der Waals surface area contributed by atoms with E-state index in [0.717, 1.165) is 50.0 Å². The maximum Gasteiger partial charge on any atom is 0.136 e. The van der Waals surface area contributed by atoms with E-state index in [1.165, 1.54) is 65.5 Å².